The van der Waals surface area contributed by atoms with Crippen LogP contribution in [0, 0.1) is 0 Å². The van der Waals surface area contributed by atoms with E-state index in [4.69, 9.17) is 4.74 Å². The summed E-state index contributed by atoms with van der Waals surface area (Å²) in [6.45, 7) is 4.83. The maximum absolute atomic E-state index is 13.7. The van der Waals surface area contributed by atoms with Crippen molar-refractivity contribution >= 4 is 23.3 Å². The van der Waals surface area contributed by atoms with Crippen molar-refractivity contribution in [3.63, 3.8) is 0 Å². The first-order valence-electron chi connectivity index (χ1n) is 13.4. The highest BCUT2D eigenvalue weighted by molar-refractivity contribution is 6.01. The molecule has 2 atom stereocenters. The van der Waals surface area contributed by atoms with Gasteiger partial charge >= 0.3 is 0 Å². The van der Waals surface area contributed by atoms with Gasteiger partial charge in [0.15, 0.2) is 5.78 Å². The molecule has 1 aromatic carbocycles. The molecule has 0 spiro atoms. The smallest absolute Gasteiger partial charge is 0.252 e. The Bertz CT molecular complexity index is 977. The Morgan fingerprint density at radius 2 is 1.63 bits per heavy atom. The number of carbonyl (C=O) groups excluding carboxylic acids is 3. The Hall–Kier alpha value is -2.45. The molecule has 2 aliphatic carbocycles. The number of anilines is 1. The normalized spacial score (nSPS) is 28.7. The van der Waals surface area contributed by atoms with Crippen molar-refractivity contribution in [2.75, 3.05) is 44.2 Å². The van der Waals surface area contributed by atoms with Crippen LogP contribution in [0.15, 0.2) is 24.3 Å². The van der Waals surface area contributed by atoms with Crippen molar-refractivity contribution in [3.05, 3.63) is 29.8 Å². The molecule has 0 unspecified atom stereocenters. The SMILES string of the molecule is O=C(NC1(C(=O)N2CC[C@H]3OCC(=O)[C@H]32)CCCC1)c1ccc(N2CCN(C3CCC3)CC2)cc1. The van der Waals surface area contributed by atoms with Crippen LogP contribution in [0.5, 0.6) is 0 Å². The molecule has 188 valence electrons. The summed E-state index contributed by atoms with van der Waals surface area (Å²) in [4.78, 5) is 46.0. The van der Waals surface area contributed by atoms with Crippen LogP contribution in [-0.4, -0.2) is 90.5 Å². The van der Waals surface area contributed by atoms with Crippen LogP contribution in [0.25, 0.3) is 0 Å². The number of carbonyl (C=O) groups is 3. The standard InChI is InChI=1S/C27H36N4O4/c32-22-18-35-23-10-13-31(24(22)23)26(34)27(11-1-2-12-27)28-25(33)19-6-8-21(9-7-19)30-16-14-29(15-17-30)20-4-3-5-20/h6-9,20,23-24H,1-5,10-18H2,(H,28,33)/t23-,24-/m1/s1. The van der Waals surface area contributed by atoms with Gasteiger partial charge in [0.25, 0.3) is 5.91 Å². The highest BCUT2D eigenvalue weighted by atomic mass is 16.5. The van der Waals surface area contributed by atoms with E-state index in [1.807, 2.05) is 24.3 Å². The molecule has 3 aliphatic heterocycles. The molecule has 0 aromatic heterocycles. The maximum Gasteiger partial charge on any atom is 0.252 e. The van der Waals surface area contributed by atoms with E-state index in [1.165, 1.54) is 19.3 Å². The molecule has 5 fully saturated rings. The molecule has 8 nitrogen and oxygen atoms in total. The zero-order valence-electron chi connectivity index (χ0n) is 20.4. The average molecular weight is 481 g/mol. The number of ketones is 1. The van der Waals surface area contributed by atoms with Gasteiger partial charge in [-0.1, -0.05) is 19.3 Å². The molecule has 35 heavy (non-hydrogen) atoms. The third-order valence-electron chi connectivity index (χ3n) is 8.99. The molecule has 8 heteroatoms. The fourth-order valence-corrected chi connectivity index (χ4v) is 6.68. The summed E-state index contributed by atoms with van der Waals surface area (Å²) in [6, 6.07) is 8.10. The van der Waals surface area contributed by atoms with Gasteiger partial charge < -0.3 is 19.9 Å². The zero-order valence-corrected chi connectivity index (χ0v) is 20.4. The molecular formula is C27H36N4O4. The first-order chi connectivity index (χ1) is 17.0. The Morgan fingerprint density at radius 1 is 0.914 bits per heavy atom. The van der Waals surface area contributed by atoms with Crippen LogP contribution in [0.1, 0.15) is 61.7 Å². The molecular weight excluding hydrogens is 444 g/mol. The third kappa shape index (κ3) is 4.14. The van der Waals surface area contributed by atoms with E-state index < -0.39 is 11.6 Å². The van der Waals surface area contributed by atoms with Gasteiger partial charge in [0, 0.05) is 50.0 Å². The van der Waals surface area contributed by atoms with Gasteiger partial charge in [0.05, 0.1) is 6.10 Å². The number of hydrogen-bond acceptors (Lipinski definition) is 6. The van der Waals surface area contributed by atoms with Crippen LogP contribution < -0.4 is 10.2 Å². The first kappa shape index (κ1) is 23.0. The molecule has 0 radical (unpaired) electrons. The van der Waals surface area contributed by atoms with E-state index in [-0.39, 0.29) is 30.3 Å². The van der Waals surface area contributed by atoms with Crippen molar-refractivity contribution in [1.29, 1.82) is 0 Å². The Labute approximate surface area is 206 Å². The number of benzene rings is 1. The van der Waals surface area contributed by atoms with Crippen LogP contribution in [-0.2, 0) is 14.3 Å². The monoisotopic (exact) mass is 480 g/mol. The number of hydrogen-bond donors (Lipinski definition) is 1. The first-order valence-corrected chi connectivity index (χ1v) is 13.4. The minimum Gasteiger partial charge on any atom is -0.369 e. The maximum atomic E-state index is 13.7. The molecule has 1 aromatic rings. The number of likely N-dealkylation sites (tertiary alicyclic amines) is 1. The quantitative estimate of drug-likeness (QED) is 0.694. The van der Waals surface area contributed by atoms with Gasteiger partial charge in [-0.3, -0.25) is 19.3 Å². The number of Topliss-reactive ketones (excluding diaryl/α,β-unsaturated/α-hetero) is 1. The van der Waals surface area contributed by atoms with Crippen molar-refractivity contribution in [3.8, 4) is 0 Å². The molecule has 3 heterocycles. The molecule has 3 saturated heterocycles. The second-order valence-electron chi connectivity index (χ2n) is 10.9. The Kier molecular flexibility index (Phi) is 6.05. The van der Waals surface area contributed by atoms with Crippen LogP contribution in [0.2, 0.25) is 0 Å². The number of ether oxygens (including phenoxy) is 1. The summed E-state index contributed by atoms with van der Waals surface area (Å²) in [5, 5.41) is 3.11. The third-order valence-corrected chi connectivity index (χ3v) is 8.99. The number of piperazine rings is 1. The summed E-state index contributed by atoms with van der Waals surface area (Å²) < 4.78 is 5.57. The van der Waals surface area contributed by atoms with Crippen molar-refractivity contribution in [2.24, 2.45) is 0 Å². The lowest BCUT2D eigenvalue weighted by atomic mass is 9.91. The van der Waals surface area contributed by atoms with E-state index >= 15 is 0 Å². The summed E-state index contributed by atoms with van der Waals surface area (Å²) in [5.41, 5.74) is 0.788. The second-order valence-corrected chi connectivity index (χ2v) is 10.9. The van der Waals surface area contributed by atoms with Crippen LogP contribution in [0.3, 0.4) is 0 Å². The van der Waals surface area contributed by atoms with Crippen LogP contribution >= 0.6 is 0 Å². The van der Waals surface area contributed by atoms with Crippen molar-refractivity contribution < 1.29 is 19.1 Å². The van der Waals surface area contributed by atoms with E-state index in [2.05, 4.69) is 15.1 Å². The van der Waals surface area contributed by atoms with Gasteiger partial charge in [-0.2, -0.15) is 0 Å². The second kappa shape index (κ2) is 9.21. The molecule has 2 saturated carbocycles. The summed E-state index contributed by atoms with van der Waals surface area (Å²) >= 11 is 0. The van der Waals surface area contributed by atoms with Gasteiger partial charge in [0.2, 0.25) is 5.91 Å². The van der Waals surface area contributed by atoms with E-state index in [9.17, 15) is 14.4 Å². The van der Waals surface area contributed by atoms with E-state index in [0.717, 1.165) is 50.7 Å². The number of nitrogens with zero attached hydrogens (tertiary/aromatic N) is 3. The summed E-state index contributed by atoms with van der Waals surface area (Å²) in [5.74, 6) is -0.355. The largest absolute Gasteiger partial charge is 0.369 e. The number of amides is 2. The lowest BCUT2D eigenvalue weighted by molar-refractivity contribution is -0.142. The topological polar surface area (TPSA) is 82.2 Å². The van der Waals surface area contributed by atoms with Crippen molar-refractivity contribution in [2.45, 2.75) is 75.1 Å². The Morgan fingerprint density at radius 3 is 2.29 bits per heavy atom. The van der Waals surface area contributed by atoms with Crippen LogP contribution in [0.4, 0.5) is 5.69 Å². The highest BCUT2D eigenvalue weighted by Gasteiger charge is 2.53. The highest BCUT2D eigenvalue weighted by Crippen LogP contribution is 2.36. The zero-order chi connectivity index (χ0) is 24.0. The molecule has 2 amide bonds. The summed E-state index contributed by atoms with van der Waals surface area (Å²) in [7, 11) is 0. The fraction of sp³-hybridized carbons (Fsp3) is 0.667. The number of nitrogens with one attached hydrogen (secondary N) is 1. The van der Waals surface area contributed by atoms with E-state index in [1.54, 1.807) is 4.90 Å². The van der Waals surface area contributed by atoms with Gasteiger partial charge in [-0.05, 0) is 56.4 Å². The predicted octanol–water partition coefficient (Wildman–Crippen LogP) is 1.97. The van der Waals surface area contributed by atoms with Gasteiger partial charge in [-0.25, -0.2) is 0 Å². The molecule has 0 bridgehead atoms. The number of rotatable bonds is 5. The lowest BCUT2D eigenvalue weighted by Gasteiger charge is -2.43. The molecule has 1 N–H and O–H groups in total. The van der Waals surface area contributed by atoms with Gasteiger partial charge in [-0.15, -0.1) is 0 Å². The van der Waals surface area contributed by atoms with Gasteiger partial charge in [0.1, 0.15) is 18.2 Å². The number of fused-ring (bicyclic) bond motifs is 1. The molecule has 6 rings (SSSR count). The fourth-order valence-electron chi connectivity index (χ4n) is 6.68. The predicted molar refractivity (Wildman–Crippen MR) is 131 cm³/mol. The average Bonchev–Trinajstić information content (AvgIpc) is 3.57. The minimum atomic E-state index is -0.925. The summed E-state index contributed by atoms with van der Waals surface area (Å²) in [6.07, 6.45) is 7.56. The van der Waals surface area contributed by atoms with Crippen molar-refractivity contribution in [1.82, 2.24) is 15.1 Å². The molecule has 5 aliphatic rings. The Balaban J connectivity index is 1.11. The lowest BCUT2D eigenvalue weighted by Crippen LogP contribution is -2.60. The van der Waals surface area contributed by atoms with E-state index in [0.29, 0.717) is 31.4 Å². The minimum absolute atomic E-state index is 0.0237.